The highest BCUT2D eigenvalue weighted by molar-refractivity contribution is 5.75. The summed E-state index contributed by atoms with van der Waals surface area (Å²) >= 11 is 0. The van der Waals surface area contributed by atoms with Crippen LogP contribution in [0, 0.1) is 6.92 Å². The van der Waals surface area contributed by atoms with Crippen molar-refractivity contribution in [3.05, 3.63) is 30.1 Å². The Morgan fingerprint density at radius 1 is 1.25 bits per heavy atom. The number of hydrogen-bond acceptors (Lipinski definition) is 4. The molecule has 1 fully saturated rings. The van der Waals surface area contributed by atoms with Gasteiger partial charge in [0.15, 0.2) is 0 Å². The fourth-order valence-electron chi connectivity index (χ4n) is 2.89. The molecule has 5 nitrogen and oxygen atoms in total. The van der Waals surface area contributed by atoms with E-state index in [0.717, 1.165) is 49.6 Å². The number of aliphatic hydroxyl groups is 1. The van der Waals surface area contributed by atoms with Crippen molar-refractivity contribution in [1.29, 1.82) is 0 Å². The summed E-state index contributed by atoms with van der Waals surface area (Å²) < 4.78 is 2.11. The summed E-state index contributed by atoms with van der Waals surface area (Å²) in [5.74, 6) is 0.963. The van der Waals surface area contributed by atoms with Crippen molar-refractivity contribution in [2.75, 3.05) is 32.7 Å². The van der Waals surface area contributed by atoms with Crippen LogP contribution >= 0.6 is 0 Å². The maximum Gasteiger partial charge on any atom is 0.106 e. The van der Waals surface area contributed by atoms with Gasteiger partial charge in [-0.2, -0.15) is 0 Å². The van der Waals surface area contributed by atoms with Crippen molar-refractivity contribution in [3.8, 4) is 0 Å². The molecule has 108 valence electrons. The van der Waals surface area contributed by atoms with E-state index < -0.39 is 0 Å². The topological polar surface area (TPSA) is 53.3 Å². The first-order valence-electron chi connectivity index (χ1n) is 7.27. The molecule has 0 spiro atoms. The normalized spacial score (nSPS) is 18.5. The molecule has 3 rings (SSSR count). The second kappa shape index (κ2) is 5.91. The molecule has 2 heterocycles. The molecular formula is C15H22N4O. The molecule has 2 aromatic rings. The van der Waals surface area contributed by atoms with Crippen LogP contribution in [0.4, 0.5) is 0 Å². The number of hydrogen-bond donors (Lipinski definition) is 2. The van der Waals surface area contributed by atoms with Gasteiger partial charge in [0.25, 0.3) is 0 Å². The molecular weight excluding hydrogens is 252 g/mol. The number of piperazine rings is 1. The number of nitrogens with zero attached hydrogens (tertiary/aromatic N) is 3. The zero-order valence-corrected chi connectivity index (χ0v) is 11.9. The van der Waals surface area contributed by atoms with E-state index in [9.17, 15) is 5.11 Å². The Labute approximate surface area is 119 Å². The predicted molar refractivity (Wildman–Crippen MR) is 79.8 cm³/mol. The number of imidazole rings is 1. The quantitative estimate of drug-likeness (QED) is 0.858. The van der Waals surface area contributed by atoms with Gasteiger partial charge in [-0.25, -0.2) is 4.98 Å². The molecule has 2 N–H and O–H groups in total. The van der Waals surface area contributed by atoms with Crippen LogP contribution in [0.5, 0.6) is 0 Å². The molecule has 5 heteroatoms. The third-order valence-corrected chi connectivity index (χ3v) is 3.92. The summed E-state index contributed by atoms with van der Waals surface area (Å²) in [6.45, 7) is 7.39. The van der Waals surface area contributed by atoms with E-state index in [2.05, 4.69) is 25.8 Å². The standard InChI is InChI=1S/C15H22N4O/c1-12-17-14-4-2-3-5-15(14)19(12)11-13(20)10-18-8-6-16-7-9-18/h2-5,13,16,20H,6-11H2,1H3. The summed E-state index contributed by atoms with van der Waals surface area (Å²) in [6, 6.07) is 8.09. The summed E-state index contributed by atoms with van der Waals surface area (Å²) in [4.78, 5) is 6.86. The number of rotatable bonds is 4. The second-order valence-electron chi connectivity index (χ2n) is 5.46. The molecule has 1 aliphatic rings. The number of para-hydroxylation sites is 2. The Morgan fingerprint density at radius 3 is 2.80 bits per heavy atom. The smallest absolute Gasteiger partial charge is 0.106 e. The minimum Gasteiger partial charge on any atom is -0.390 e. The molecule has 20 heavy (non-hydrogen) atoms. The zero-order valence-electron chi connectivity index (χ0n) is 11.9. The summed E-state index contributed by atoms with van der Waals surface area (Å²) in [5, 5.41) is 13.7. The van der Waals surface area contributed by atoms with Gasteiger partial charge in [0.1, 0.15) is 5.82 Å². The fraction of sp³-hybridized carbons (Fsp3) is 0.533. The first-order valence-corrected chi connectivity index (χ1v) is 7.27. The molecule has 1 aliphatic heterocycles. The van der Waals surface area contributed by atoms with Crippen LogP contribution in [0.25, 0.3) is 11.0 Å². The number of aryl methyl sites for hydroxylation is 1. The molecule has 0 aliphatic carbocycles. The van der Waals surface area contributed by atoms with E-state index in [-0.39, 0.29) is 6.10 Å². The average molecular weight is 274 g/mol. The van der Waals surface area contributed by atoms with Crippen molar-refractivity contribution in [3.63, 3.8) is 0 Å². The van der Waals surface area contributed by atoms with Gasteiger partial charge >= 0.3 is 0 Å². The second-order valence-corrected chi connectivity index (χ2v) is 5.46. The number of nitrogens with one attached hydrogen (secondary N) is 1. The highest BCUT2D eigenvalue weighted by Gasteiger charge is 2.16. The van der Waals surface area contributed by atoms with Gasteiger partial charge in [0.2, 0.25) is 0 Å². The van der Waals surface area contributed by atoms with Crippen LogP contribution in [0.2, 0.25) is 0 Å². The molecule has 0 saturated carbocycles. The third-order valence-electron chi connectivity index (χ3n) is 3.92. The van der Waals surface area contributed by atoms with Crippen LogP contribution in [0.3, 0.4) is 0 Å². The molecule has 0 amide bonds. The SMILES string of the molecule is Cc1nc2ccccc2n1CC(O)CN1CCNCC1. The predicted octanol–water partition coefficient (Wildman–Crippen LogP) is 0.611. The lowest BCUT2D eigenvalue weighted by Crippen LogP contribution is -2.46. The van der Waals surface area contributed by atoms with Crippen LogP contribution in [0.1, 0.15) is 5.82 Å². The number of benzene rings is 1. The Bertz CT molecular complexity index is 574. The number of aromatic nitrogens is 2. The van der Waals surface area contributed by atoms with Gasteiger partial charge in [-0.15, -0.1) is 0 Å². The zero-order chi connectivity index (χ0) is 13.9. The lowest BCUT2D eigenvalue weighted by Gasteiger charge is -2.29. The van der Waals surface area contributed by atoms with Crippen LogP contribution in [-0.2, 0) is 6.54 Å². The summed E-state index contributed by atoms with van der Waals surface area (Å²) in [5.41, 5.74) is 2.10. The average Bonchev–Trinajstić information content (AvgIpc) is 2.76. The van der Waals surface area contributed by atoms with Gasteiger partial charge in [-0.1, -0.05) is 12.1 Å². The minimum atomic E-state index is -0.357. The number of aliphatic hydroxyl groups excluding tert-OH is 1. The van der Waals surface area contributed by atoms with Crippen molar-refractivity contribution in [1.82, 2.24) is 19.8 Å². The number of β-amino-alcohol motifs (C(OH)–C–C–N with tert-alkyl or cyclic N) is 1. The van der Waals surface area contributed by atoms with Crippen molar-refractivity contribution < 1.29 is 5.11 Å². The van der Waals surface area contributed by atoms with Crippen LogP contribution in [0.15, 0.2) is 24.3 Å². The largest absolute Gasteiger partial charge is 0.390 e. The van der Waals surface area contributed by atoms with E-state index in [0.29, 0.717) is 6.54 Å². The Kier molecular flexibility index (Phi) is 4.00. The van der Waals surface area contributed by atoms with Crippen LogP contribution in [-0.4, -0.2) is 58.4 Å². The Morgan fingerprint density at radius 2 is 2.00 bits per heavy atom. The summed E-state index contributed by atoms with van der Waals surface area (Å²) in [7, 11) is 0. The first kappa shape index (κ1) is 13.5. The summed E-state index contributed by atoms with van der Waals surface area (Å²) in [6.07, 6.45) is -0.357. The molecule has 0 radical (unpaired) electrons. The van der Waals surface area contributed by atoms with Gasteiger partial charge in [0, 0.05) is 32.7 Å². The molecule has 1 unspecified atom stereocenters. The van der Waals surface area contributed by atoms with E-state index in [4.69, 9.17) is 0 Å². The van der Waals surface area contributed by atoms with E-state index in [1.807, 2.05) is 25.1 Å². The lowest BCUT2D eigenvalue weighted by molar-refractivity contribution is 0.0921. The van der Waals surface area contributed by atoms with Crippen molar-refractivity contribution >= 4 is 11.0 Å². The molecule has 1 aromatic heterocycles. The van der Waals surface area contributed by atoms with Crippen molar-refractivity contribution in [2.45, 2.75) is 19.6 Å². The van der Waals surface area contributed by atoms with E-state index in [1.165, 1.54) is 0 Å². The van der Waals surface area contributed by atoms with Gasteiger partial charge in [0.05, 0.1) is 23.7 Å². The van der Waals surface area contributed by atoms with Gasteiger partial charge in [-0.05, 0) is 19.1 Å². The Balaban J connectivity index is 1.70. The number of fused-ring (bicyclic) bond motifs is 1. The van der Waals surface area contributed by atoms with Crippen molar-refractivity contribution in [2.24, 2.45) is 0 Å². The molecule has 1 aromatic carbocycles. The lowest BCUT2D eigenvalue weighted by atomic mass is 10.2. The monoisotopic (exact) mass is 274 g/mol. The van der Waals surface area contributed by atoms with E-state index in [1.54, 1.807) is 0 Å². The Hall–Kier alpha value is -1.43. The maximum atomic E-state index is 10.3. The highest BCUT2D eigenvalue weighted by atomic mass is 16.3. The first-order chi connectivity index (χ1) is 9.74. The van der Waals surface area contributed by atoms with Gasteiger partial charge in [-0.3, -0.25) is 4.90 Å². The molecule has 0 bridgehead atoms. The minimum absolute atomic E-state index is 0.357. The van der Waals surface area contributed by atoms with Gasteiger partial charge < -0.3 is 15.0 Å². The van der Waals surface area contributed by atoms with E-state index >= 15 is 0 Å². The molecule has 1 saturated heterocycles. The maximum absolute atomic E-state index is 10.3. The third kappa shape index (κ3) is 2.85. The highest BCUT2D eigenvalue weighted by Crippen LogP contribution is 2.16. The molecule has 1 atom stereocenters. The van der Waals surface area contributed by atoms with Crippen LogP contribution < -0.4 is 5.32 Å². The fourth-order valence-corrected chi connectivity index (χ4v) is 2.89.